The molecular formula is C18H34N4O3. The molecular weight excluding hydrogens is 320 g/mol. The van der Waals surface area contributed by atoms with E-state index in [-0.39, 0.29) is 11.9 Å². The van der Waals surface area contributed by atoms with Gasteiger partial charge in [-0.25, -0.2) is 0 Å². The monoisotopic (exact) mass is 354 g/mol. The second-order valence-electron chi connectivity index (χ2n) is 6.60. The van der Waals surface area contributed by atoms with Crippen molar-refractivity contribution in [1.82, 2.24) is 10.2 Å². The molecule has 3 N–H and O–H groups in total. The SMILES string of the molecule is CCNC(=NCCCCCCC(=O)OC)N1CCCC(CC(N)=O)C1. The molecule has 0 bridgehead atoms. The molecule has 1 heterocycles. The molecule has 1 saturated heterocycles. The quantitative estimate of drug-likeness (QED) is 0.269. The van der Waals surface area contributed by atoms with E-state index in [0.717, 1.165) is 70.7 Å². The van der Waals surface area contributed by atoms with Crippen LogP contribution in [-0.4, -0.2) is 56.0 Å². The Morgan fingerprint density at radius 2 is 2.04 bits per heavy atom. The minimum Gasteiger partial charge on any atom is -0.469 e. The van der Waals surface area contributed by atoms with Crippen molar-refractivity contribution in [3.05, 3.63) is 0 Å². The standard InChI is InChI=1S/C18H34N4O3/c1-3-20-18(21-11-7-5-4-6-10-17(24)25-2)22-12-8-9-15(14-22)13-16(19)23/h15H,3-14H2,1-2H3,(H2,19,23)(H,20,21). The summed E-state index contributed by atoms with van der Waals surface area (Å²) >= 11 is 0. The Morgan fingerprint density at radius 1 is 1.28 bits per heavy atom. The normalized spacial score (nSPS) is 18.1. The fourth-order valence-corrected chi connectivity index (χ4v) is 3.16. The lowest BCUT2D eigenvalue weighted by Gasteiger charge is -2.34. The number of primary amides is 1. The van der Waals surface area contributed by atoms with Crippen LogP contribution in [-0.2, 0) is 14.3 Å². The first-order chi connectivity index (χ1) is 12.1. The van der Waals surface area contributed by atoms with Gasteiger partial charge in [0.2, 0.25) is 5.91 Å². The number of likely N-dealkylation sites (tertiary alicyclic amines) is 1. The average molecular weight is 354 g/mol. The average Bonchev–Trinajstić information content (AvgIpc) is 2.59. The number of carbonyl (C=O) groups excluding carboxylic acids is 2. The lowest BCUT2D eigenvalue weighted by molar-refractivity contribution is -0.140. The summed E-state index contributed by atoms with van der Waals surface area (Å²) in [5.74, 6) is 0.906. The molecule has 1 aliphatic rings. The summed E-state index contributed by atoms with van der Waals surface area (Å²) < 4.78 is 4.63. The van der Waals surface area contributed by atoms with Gasteiger partial charge in [-0.05, 0) is 38.5 Å². The summed E-state index contributed by atoms with van der Waals surface area (Å²) in [6, 6.07) is 0. The molecule has 0 radical (unpaired) electrons. The topological polar surface area (TPSA) is 97.0 Å². The van der Waals surface area contributed by atoms with Gasteiger partial charge in [-0.1, -0.05) is 12.8 Å². The molecule has 1 aliphatic heterocycles. The number of esters is 1. The summed E-state index contributed by atoms with van der Waals surface area (Å²) in [6.07, 6.45) is 7.03. The van der Waals surface area contributed by atoms with Crippen molar-refractivity contribution in [3.63, 3.8) is 0 Å². The van der Waals surface area contributed by atoms with Gasteiger partial charge in [0.05, 0.1) is 7.11 Å². The molecule has 1 amide bonds. The number of nitrogens with two attached hydrogens (primary N) is 1. The molecule has 0 saturated carbocycles. The van der Waals surface area contributed by atoms with Gasteiger partial charge in [0, 0.05) is 39.0 Å². The largest absolute Gasteiger partial charge is 0.469 e. The lowest BCUT2D eigenvalue weighted by atomic mass is 9.95. The molecule has 0 aromatic heterocycles. The lowest BCUT2D eigenvalue weighted by Crippen LogP contribution is -2.47. The van der Waals surface area contributed by atoms with E-state index in [1.807, 2.05) is 0 Å². The predicted octanol–water partition coefficient (Wildman–Crippen LogP) is 1.66. The number of rotatable bonds is 10. The molecule has 0 aromatic rings. The zero-order chi connectivity index (χ0) is 18.5. The number of hydrogen-bond donors (Lipinski definition) is 2. The van der Waals surface area contributed by atoms with E-state index in [4.69, 9.17) is 10.7 Å². The van der Waals surface area contributed by atoms with Crippen LogP contribution in [0, 0.1) is 5.92 Å². The fraction of sp³-hybridized carbons (Fsp3) is 0.833. The van der Waals surface area contributed by atoms with Crippen molar-refractivity contribution in [1.29, 1.82) is 0 Å². The van der Waals surface area contributed by atoms with Crippen molar-refractivity contribution < 1.29 is 14.3 Å². The third-order valence-corrected chi connectivity index (χ3v) is 4.42. The highest BCUT2D eigenvalue weighted by Gasteiger charge is 2.23. The van der Waals surface area contributed by atoms with E-state index in [0.29, 0.717) is 18.8 Å². The van der Waals surface area contributed by atoms with Gasteiger partial charge >= 0.3 is 5.97 Å². The number of methoxy groups -OCH3 is 1. The minimum atomic E-state index is -0.222. The van der Waals surface area contributed by atoms with Gasteiger partial charge in [-0.15, -0.1) is 0 Å². The van der Waals surface area contributed by atoms with E-state index in [1.54, 1.807) is 0 Å². The second-order valence-corrected chi connectivity index (χ2v) is 6.60. The molecule has 7 nitrogen and oxygen atoms in total. The van der Waals surface area contributed by atoms with Crippen molar-refractivity contribution in [2.45, 2.75) is 58.3 Å². The van der Waals surface area contributed by atoms with E-state index < -0.39 is 0 Å². The molecule has 25 heavy (non-hydrogen) atoms. The maximum Gasteiger partial charge on any atom is 0.305 e. The van der Waals surface area contributed by atoms with Gasteiger partial charge < -0.3 is 20.7 Å². The highest BCUT2D eigenvalue weighted by Crippen LogP contribution is 2.19. The summed E-state index contributed by atoms with van der Waals surface area (Å²) in [6.45, 7) is 5.48. The zero-order valence-electron chi connectivity index (χ0n) is 15.8. The van der Waals surface area contributed by atoms with E-state index >= 15 is 0 Å². The van der Waals surface area contributed by atoms with Crippen LogP contribution in [0.25, 0.3) is 0 Å². The van der Waals surface area contributed by atoms with Gasteiger partial charge in [-0.3, -0.25) is 14.6 Å². The van der Waals surface area contributed by atoms with Crippen LogP contribution in [0.4, 0.5) is 0 Å². The summed E-state index contributed by atoms with van der Waals surface area (Å²) in [7, 11) is 1.42. The van der Waals surface area contributed by atoms with Crippen LogP contribution in [0.5, 0.6) is 0 Å². The van der Waals surface area contributed by atoms with Crippen molar-refractivity contribution in [2.24, 2.45) is 16.6 Å². The summed E-state index contributed by atoms with van der Waals surface area (Å²) in [5.41, 5.74) is 5.34. The Labute approximate surface area is 151 Å². The number of nitrogens with one attached hydrogen (secondary N) is 1. The first-order valence-corrected chi connectivity index (χ1v) is 9.45. The van der Waals surface area contributed by atoms with E-state index in [9.17, 15) is 9.59 Å². The molecule has 144 valence electrons. The number of unbranched alkanes of at least 4 members (excludes halogenated alkanes) is 3. The van der Waals surface area contributed by atoms with Crippen molar-refractivity contribution in [3.8, 4) is 0 Å². The Hall–Kier alpha value is -1.79. The number of carbonyl (C=O) groups is 2. The van der Waals surface area contributed by atoms with Crippen LogP contribution in [0.1, 0.15) is 58.3 Å². The maximum atomic E-state index is 11.2. The van der Waals surface area contributed by atoms with Crippen LogP contribution in [0.2, 0.25) is 0 Å². The Balaban J connectivity index is 2.35. The number of aliphatic imine (C=N–C) groups is 1. The van der Waals surface area contributed by atoms with Crippen LogP contribution in [0.3, 0.4) is 0 Å². The number of ether oxygens (including phenoxy) is 1. The smallest absolute Gasteiger partial charge is 0.305 e. The van der Waals surface area contributed by atoms with E-state index in [2.05, 4.69) is 21.9 Å². The summed E-state index contributed by atoms with van der Waals surface area (Å²) in [5, 5.41) is 3.35. The number of amides is 1. The third kappa shape index (κ3) is 9.31. The van der Waals surface area contributed by atoms with Gasteiger partial charge in [0.25, 0.3) is 0 Å². The number of piperidine rings is 1. The molecule has 1 fully saturated rings. The van der Waals surface area contributed by atoms with Crippen LogP contribution in [0.15, 0.2) is 4.99 Å². The fourth-order valence-electron chi connectivity index (χ4n) is 3.16. The second kappa shape index (κ2) is 12.6. The molecule has 1 rings (SSSR count). The number of hydrogen-bond acceptors (Lipinski definition) is 4. The van der Waals surface area contributed by atoms with Gasteiger partial charge in [0.15, 0.2) is 5.96 Å². The van der Waals surface area contributed by atoms with Gasteiger partial charge in [0.1, 0.15) is 0 Å². The molecule has 1 atom stereocenters. The van der Waals surface area contributed by atoms with Gasteiger partial charge in [-0.2, -0.15) is 0 Å². The first kappa shape index (κ1) is 21.3. The first-order valence-electron chi connectivity index (χ1n) is 9.45. The minimum absolute atomic E-state index is 0.136. The van der Waals surface area contributed by atoms with Crippen molar-refractivity contribution in [2.75, 3.05) is 33.3 Å². The number of guanidine groups is 1. The number of nitrogens with zero attached hydrogens (tertiary/aromatic N) is 2. The van der Waals surface area contributed by atoms with Crippen LogP contribution >= 0.6 is 0 Å². The molecule has 7 heteroatoms. The van der Waals surface area contributed by atoms with Crippen LogP contribution < -0.4 is 11.1 Å². The van der Waals surface area contributed by atoms with E-state index in [1.165, 1.54) is 7.11 Å². The predicted molar refractivity (Wildman–Crippen MR) is 99.2 cm³/mol. The molecule has 1 unspecified atom stereocenters. The Bertz CT molecular complexity index is 440. The Kier molecular flexibility index (Phi) is 10.7. The van der Waals surface area contributed by atoms with Crippen molar-refractivity contribution >= 4 is 17.8 Å². The highest BCUT2D eigenvalue weighted by molar-refractivity contribution is 5.80. The molecule has 0 aromatic carbocycles. The highest BCUT2D eigenvalue weighted by atomic mass is 16.5. The Morgan fingerprint density at radius 3 is 2.72 bits per heavy atom. The summed E-state index contributed by atoms with van der Waals surface area (Å²) in [4.78, 5) is 29.2. The maximum absolute atomic E-state index is 11.2. The third-order valence-electron chi connectivity index (χ3n) is 4.42. The molecule has 0 aliphatic carbocycles. The molecule has 0 spiro atoms. The zero-order valence-corrected chi connectivity index (χ0v) is 15.8.